The van der Waals surface area contributed by atoms with E-state index in [1.807, 2.05) is 0 Å². The lowest BCUT2D eigenvalue weighted by molar-refractivity contribution is -0.136. The molecule has 0 unspecified atom stereocenters. The zero-order valence-corrected chi connectivity index (χ0v) is 13.4. The fourth-order valence-electron chi connectivity index (χ4n) is 2.14. The second-order valence-electron chi connectivity index (χ2n) is 5.30. The number of anilines is 1. The third kappa shape index (κ3) is 4.45. The zero-order chi connectivity index (χ0) is 17.7. The SMILES string of the molecule is Cc1cc(C)c(C(=O)Nc2ccc(C(=O)NCCC(=O)O)cc2)o1. The van der Waals surface area contributed by atoms with Gasteiger partial charge in [0.15, 0.2) is 5.76 Å². The van der Waals surface area contributed by atoms with E-state index in [1.54, 1.807) is 44.2 Å². The van der Waals surface area contributed by atoms with Gasteiger partial charge in [-0.3, -0.25) is 14.4 Å². The summed E-state index contributed by atoms with van der Waals surface area (Å²) in [4.78, 5) is 34.4. The van der Waals surface area contributed by atoms with E-state index in [0.29, 0.717) is 17.0 Å². The predicted molar refractivity (Wildman–Crippen MR) is 87.2 cm³/mol. The van der Waals surface area contributed by atoms with Crippen LogP contribution in [0.15, 0.2) is 34.7 Å². The quantitative estimate of drug-likeness (QED) is 0.753. The van der Waals surface area contributed by atoms with Crippen LogP contribution in [0.25, 0.3) is 0 Å². The Labute approximate surface area is 138 Å². The van der Waals surface area contributed by atoms with Gasteiger partial charge in [-0.15, -0.1) is 0 Å². The van der Waals surface area contributed by atoms with Gasteiger partial charge >= 0.3 is 5.97 Å². The molecule has 3 N–H and O–H groups in total. The third-order valence-electron chi connectivity index (χ3n) is 3.28. The Hall–Kier alpha value is -3.09. The van der Waals surface area contributed by atoms with Crippen LogP contribution in [0.4, 0.5) is 5.69 Å². The fraction of sp³-hybridized carbons (Fsp3) is 0.235. The van der Waals surface area contributed by atoms with Crippen LogP contribution in [0.5, 0.6) is 0 Å². The maximum atomic E-state index is 12.1. The summed E-state index contributed by atoms with van der Waals surface area (Å²) in [5, 5.41) is 13.7. The second-order valence-corrected chi connectivity index (χ2v) is 5.30. The van der Waals surface area contributed by atoms with Crippen LogP contribution in [0.2, 0.25) is 0 Å². The van der Waals surface area contributed by atoms with Crippen molar-refractivity contribution in [3.63, 3.8) is 0 Å². The Morgan fingerprint density at radius 3 is 2.29 bits per heavy atom. The molecule has 1 heterocycles. The van der Waals surface area contributed by atoms with Crippen molar-refractivity contribution in [1.82, 2.24) is 5.32 Å². The van der Waals surface area contributed by atoms with Crippen molar-refractivity contribution >= 4 is 23.5 Å². The first-order valence-electron chi connectivity index (χ1n) is 7.35. The number of furan rings is 1. The molecule has 2 amide bonds. The van der Waals surface area contributed by atoms with E-state index in [4.69, 9.17) is 9.52 Å². The highest BCUT2D eigenvalue weighted by Crippen LogP contribution is 2.16. The molecule has 1 aromatic heterocycles. The van der Waals surface area contributed by atoms with Crippen molar-refractivity contribution in [3.8, 4) is 0 Å². The number of hydrogen-bond acceptors (Lipinski definition) is 4. The van der Waals surface area contributed by atoms with E-state index in [9.17, 15) is 14.4 Å². The Bertz CT molecular complexity index is 762. The topological polar surface area (TPSA) is 109 Å². The molecule has 0 aliphatic heterocycles. The molecular formula is C17H18N2O5. The number of hydrogen-bond donors (Lipinski definition) is 3. The van der Waals surface area contributed by atoms with E-state index >= 15 is 0 Å². The molecule has 0 saturated heterocycles. The Kier molecular flexibility index (Phi) is 5.36. The molecule has 7 nitrogen and oxygen atoms in total. The summed E-state index contributed by atoms with van der Waals surface area (Å²) in [6, 6.07) is 8.06. The summed E-state index contributed by atoms with van der Waals surface area (Å²) in [7, 11) is 0. The largest absolute Gasteiger partial charge is 0.481 e. The van der Waals surface area contributed by atoms with Crippen LogP contribution < -0.4 is 10.6 Å². The minimum absolute atomic E-state index is 0.0593. The summed E-state index contributed by atoms with van der Waals surface area (Å²) in [6.07, 6.45) is -0.137. The Morgan fingerprint density at radius 1 is 1.08 bits per heavy atom. The highest BCUT2D eigenvalue weighted by molar-refractivity contribution is 6.03. The first kappa shape index (κ1) is 17.3. The lowest BCUT2D eigenvalue weighted by Gasteiger charge is -2.06. The fourth-order valence-corrected chi connectivity index (χ4v) is 2.14. The number of carbonyl (C=O) groups is 3. The van der Waals surface area contributed by atoms with Crippen LogP contribution in [0.1, 0.15) is 38.7 Å². The molecule has 0 saturated carbocycles. The molecule has 2 rings (SSSR count). The van der Waals surface area contributed by atoms with Gasteiger partial charge in [0.05, 0.1) is 6.42 Å². The van der Waals surface area contributed by atoms with Crippen LogP contribution in [0, 0.1) is 13.8 Å². The van der Waals surface area contributed by atoms with Crippen molar-refractivity contribution in [1.29, 1.82) is 0 Å². The molecule has 0 bridgehead atoms. The van der Waals surface area contributed by atoms with E-state index < -0.39 is 5.97 Å². The number of carboxylic acids is 1. The lowest BCUT2D eigenvalue weighted by atomic mass is 10.2. The minimum atomic E-state index is -0.975. The van der Waals surface area contributed by atoms with E-state index in [1.165, 1.54) is 0 Å². The standard InChI is InChI=1S/C17H18N2O5/c1-10-9-11(2)24-15(10)17(23)19-13-5-3-12(4-6-13)16(22)18-8-7-14(20)21/h3-6,9H,7-8H2,1-2H3,(H,18,22)(H,19,23)(H,20,21). The van der Waals surface area contributed by atoms with Gasteiger partial charge in [0, 0.05) is 23.4 Å². The summed E-state index contributed by atoms with van der Waals surface area (Å²) in [6.45, 7) is 3.61. The molecule has 7 heteroatoms. The minimum Gasteiger partial charge on any atom is -0.481 e. The van der Waals surface area contributed by atoms with Crippen molar-refractivity contribution < 1.29 is 23.9 Å². The molecule has 2 aromatic rings. The lowest BCUT2D eigenvalue weighted by Crippen LogP contribution is -2.25. The molecule has 24 heavy (non-hydrogen) atoms. The predicted octanol–water partition coefficient (Wildman–Crippen LogP) is 2.35. The van der Waals surface area contributed by atoms with Gasteiger partial charge in [-0.05, 0) is 44.2 Å². The van der Waals surface area contributed by atoms with Crippen LogP contribution in [-0.4, -0.2) is 29.4 Å². The van der Waals surface area contributed by atoms with Crippen molar-refractivity contribution in [2.24, 2.45) is 0 Å². The van der Waals surface area contributed by atoms with Crippen LogP contribution >= 0.6 is 0 Å². The molecule has 126 valence electrons. The van der Waals surface area contributed by atoms with Crippen molar-refractivity contribution in [3.05, 3.63) is 53.0 Å². The molecule has 1 aromatic carbocycles. The second kappa shape index (κ2) is 7.45. The molecule has 0 radical (unpaired) electrons. The molecular weight excluding hydrogens is 312 g/mol. The van der Waals surface area contributed by atoms with Gasteiger partial charge in [0.1, 0.15) is 5.76 Å². The number of carbonyl (C=O) groups excluding carboxylic acids is 2. The molecule has 0 aliphatic carbocycles. The van der Waals surface area contributed by atoms with Gasteiger partial charge < -0.3 is 20.2 Å². The van der Waals surface area contributed by atoms with Crippen molar-refractivity contribution in [2.75, 3.05) is 11.9 Å². The average Bonchev–Trinajstić information content (AvgIpc) is 2.86. The monoisotopic (exact) mass is 330 g/mol. The number of carboxylic acid groups (broad SMARTS) is 1. The highest BCUT2D eigenvalue weighted by atomic mass is 16.4. The van der Waals surface area contributed by atoms with E-state index in [-0.39, 0.29) is 30.5 Å². The number of amides is 2. The first-order valence-corrected chi connectivity index (χ1v) is 7.35. The molecule has 0 fully saturated rings. The smallest absolute Gasteiger partial charge is 0.305 e. The van der Waals surface area contributed by atoms with E-state index in [2.05, 4.69) is 10.6 Å². The average molecular weight is 330 g/mol. The number of aliphatic carboxylic acids is 1. The summed E-state index contributed by atoms with van der Waals surface area (Å²) in [5.74, 6) is -0.795. The van der Waals surface area contributed by atoms with Crippen LogP contribution in [0.3, 0.4) is 0 Å². The van der Waals surface area contributed by atoms with Gasteiger partial charge in [0.2, 0.25) is 0 Å². The summed E-state index contributed by atoms with van der Waals surface area (Å²) in [5.41, 5.74) is 1.65. The van der Waals surface area contributed by atoms with Gasteiger partial charge in [-0.25, -0.2) is 0 Å². The molecule has 0 spiro atoms. The summed E-state index contributed by atoms with van der Waals surface area (Å²) >= 11 is 0. The Balaban J connectivity index is 1.96. The zero-order valence-electron chi connectivity index (χ0n) is 13.4. The van der Waals surface area contributed by atoms with Gasteiger partial charge in [0.25, 0.3) is 11.8 Å². The normalized spacial score (nSPS) is 10.2. The molecule has 0 atom stereocenters. The number of rotatable bonds is 6. The van der Waals surface area contributed by atoms with Crippen molar-refractivity contribution in [2.45, 2.75) is 20.3 Å². The highest BCUT2D eigenvalue weighted by Gasteiger charge is 2.15. The number of nitrogens with one attached hydrogen (secondary N) is 2. The summed E-state index contributed by atoms with van der Waals surface area (Å²) < 4.78 is 5.35. The van der Waals surface area contributed by atoms with Crippen LogP contribution in [-0.2, 0) is 4.79 Å². The Morgan fingerprint density at radius 2 is 1.75 bits per heavy atom. The number of aryl methyl sites for hydroxylation is 2. The third-order valence-corrected chi connectivity index (χ3v) is 3.28. The number of benzene rings is 1. The van der Waals surface area contributed by atoms with Gasteiger partial charge in [-0.2, -0.15) is 0 Å². The first-order chi connectivity index (χ1) is 11.4. The van der Waals surface area contributed by atoms with E-state index in [0.717, 1.165) is 5.56 Å². The maximum Gasteiger partial charge on any atom is 0.305 e. The molecule has 0 aliphatic rings. The maximum absolute atomic E-state index is 12.1. The van der Waals surface area contributed by atoms with Gasteiger partial charge in [-0.1, -0.05) is 0 Å².